The number of hydrogen-bond donors (Lipinski definition) is 0. The van der Waals surface area contributed by atoms with E-state index in [1.54, 1.807) is 29.5 Å². The van der Waals surface area contributed by atoms with E-state index in [-0.39, 0.29) is 6.54 Å². The van der Waals surface area contributed by atoms with Gasteiger partial charge in [-0.25, -0.2) is 4.99 Å². The highest BCUT2D eigenvalue weighted by Crippen LogP contribution is 2.31. The summed E-state index contributed by atoms with van der Waals surface area (Å²) in [4.78, 5) is 3.22. The average Bonchev–Trinajstić information content (AvgIpc) is 2.07. The van der Waals surface area contributed by atoms with Gasteiger partial charge in [-0.1, -0.05) is 0 Å². The van der Waals surface area contributed by atoms with E-state index in [1.807, 2.05) is 0 Å². The molecule has 0 radical (unpaired) electrons. The fourth-order valence-corrected chi connectivity index (χ4v) is 1.01. The van der Waals surface area contributed by atoms with Gasteiger partial charge in [-0.05, 0) is 29.5 Å². The Hall–Kier alpha value is -0.0100. The van der Waals surface area contributed by atoms with Gasteiger partial charge in [0, 0.05) is 0 Å². The molecule has 1 aliphatic rings. The number of rotatable bonds is 0. The molecule has 0 aromatic carbocycles. The maximum Gasteiger partial charge on any atom is 0.468 e. The Balaban J connectivity index is 2.68. The van der Waals surface area contributed by atoms with Crippen LogP contribution in [0.25, 0.3) is 0 Å². The summed E-state index contributed by atoms with van der Waals surface area (Å²) in [6.07, 6.45) is -4.44. The van der Waals surface area contributed by atoms with Gasteiger partial charge in [0.15, 0.2) is 3.61 Å². The second-order valence-corrected chi connectivity index (χ2v) is 4.60. The number of nitrogens with zero attached hydrogens (tertiary/aromatic N) is 1. The summed E-state index contributed by atoms with van der Waals surface area (Å²) >= 11 is 1.78. The van der Waals surface area contributed by atoms with E-state index in [2.05, 4.69) is 9.73 Å². The molecule has 0 amide bonds. The van der Waals surface area contributed by atoms with E-state index in [1.165, 1.54) is 0 Å². The first kappa shape index (κ1) is 9.08. The van der Waals surface area contributed by atoms with Crippen LogP contribution in [0, 0.1) is 0 Å². The van der Waals surface area contributed by atoms with Gasteiger partial charge in [0.1, 0.15) is 0 Å². The molecule has 6 heteroatoms. The first-order valence-corrected chi connectivity index (χ1v) is 3.89. The summed E-state index contributed by atoms with van der Waals surface area (Å²) in [6.45, 7) is 1.61. The first-order chi connectivity index (χ1) is 4.81. The van der Waals surface area contributed by atoms with Gasteiger partial charge in [-0.2, -0.15) is 13.2 Å². The molecule has 0 N–H and O–H groups in total. The van der Waals surface area contributed by atoms with Gasteiger partial charge in [0.25, 0.3) is 5.90 Å². The lowest BCUT2D eigenvalue weighted by Crippen LogP contribution is -2.28. The van der Waals surface area contributed by atoms with Gasteiger partial charge in [-0.3, -0.25) is 0 Å². The van der Waals surface area contributed by atoms with E-state index in [0.29, 0.717) is 0 Å². The van der Waals surface area contributed by atoms with Crippen LogP contribution in [0.1, 0.15) is 6.92 Å². The minimum Gasteiger partial charge on any atom is -0.456 e. The van der Waals surface area contributed by atoms with Crippen LogP contribution in [-0.2, 0) is 4.74 Å². The lowest BCUT2D eigenvalue weighted by molar-refractivity contribution is -0.0789. The van der Waals surface area contributed by atoms with Crippen molar-refractivity contribution in [2.45, 2.75) is 16.7 Å². The maximum absolute atomic E-state index is 11.8. The Morgan fingerprint density at radius 2 is 2.18 bits per heavy atom. The molecule has 1 unspecified atom stereocenters. The molecule has 0 aromatic heterocycles. The fourth-order valence-electron chi connectivity index (χ4n) is 0.627. The molecule has 0 aliphatic carbocycles. The van der Waals surface area contributed by atoms with E-state index < -0.39 is 15.7 Å². The Kier molecular flexibility index (Phi) is 2.06. The maximum atomic E-state index is 11.8. The van der Waals surface area contributed by atoms with Crippen molar-refractivity contribution < 1.29 is 17.9 Å². The molecule has 0 bridgehead atoms. The normalized spacial score (nSPS) is 31.5. The molecule has 1 aliphatic heterocycles. The van der Waals surface area contributed by atoms with E-state index in [9.17, 15) is 13.2 Å². The summed E-state index contributed by atoms with van der Waals surface area (Å²) in [5.41, 5.74) is 0. The average molecular weight is 279 g/mol. The molecule has 64 valence electrons. The van der Waals surface area contributed by atoms with Gasteiger partial charge in [0.05, 0.1) is 6.54 Å². The highest BCUT2D eigenvalue weighted by atomic mass is 127. The van der Waals surface area contributed by atoms with Crippen LogP contribution in [0.15, 0.2) is 4.99 Å². The lowest BCUT2D eigenvalue weighted by Gasteiger charge is -2.15. The monoisotopic (exact) mass is 279 g/mol. The molecular formula is C5H5F3INO. The highest BCUT2D eigenvalue weighted by molar-refractivity contribution is 14.1. The third-order valence-electron chi connectivity index (χ3n) is 1.06. The Morgan fingerprint density at radius 3 is 2.36 bits per heavy atom. The van der Waals surface area contributed by atoms with E-state index >= 15 is 0 Å². The SMILES string of the molecule is CC1(I)CN=C(C(F)(F)F)O1. The minimum atomic E-state index is -4.44. The molecule has 0 saturated carbocycles. The number of aliphatic imine (C=N–C) groups is 1. The predicted molar refractivity (Wildman–Crippen MR) is 41.9 cm³/mol. The number of hydrogen-bond acceptors (Lipinski definition) is 2. The van der Waals surface area contributed by atoms with Crippen molar-refractivity contribution in [2.75, 3.05) is 6.54 Å². The summed E-state index contributed by atoms with van der Waals surface area (Å²) in [5.74, 6) is -1.12. The lowest BCUT2D eigenvalue weighted by atomic mass is 10.4. The summed E-state index contributed by atoms with van der Waals surface area (Å²) < 4.78 is 39.2. The van der Waals surface area contributed by atoms with E-state index in [0.717, 1.165) is 0 Å². The van der Waals surface area contributed by atoms with Crippen molar-refractivity contribution in [3.8, 4) is 0 Å². The number of halogens is 4. The standard InChI is InChI=1S/C5H5F3INO/c1-4(9)2-10-3(11-4)5(6,7)8/h2H2,1H3. The van der Waals surface area contributed by atoms with Crippen LogP contribution in [0.3, 0.4) is 0 Å². The zero-order chi connectivity index (χ0) is 8.70. The van der Waals surface area contributed by atoms with Gasteiger partial charge in [-0.15, -0.1) is 0 Å². The van der Waals surface area contributed by atoms with E-state index in [4.69, 9.17) is 0 Å². The third-order valence-corrected chi connectivity index (χ3v) is 1.62. The Labute approximate surface area is 75.0 Å². The molecule has 1 heterocycles. The summed E-state index contributed by atoms with van der Waals surface area (Å²) in [6, 6.07) is 0. The zero-order valence-corrected chi connectivity index (χ0v) is 7.73. The molecule has 2 nitrogen and oxygen atoms in total. The third kappa shape index (κ3) is 2.21. The molecule has 0 aromatic rings. The molecular weight excluding hydrogens is 274 g/mol. The van der Waals surface area contributed by atoms with Crippen molar-refractivity contribution in [3.05, 3.63) is 0 Å². The van der Waals surface area contributed by atoms with Crippen LogP contribution in [0.2, 0.25) is 0 Å². The zero-order valence-electron chi connectivity index (χ0n) is 5.57. The molecule has 0 fully saturated rings. The van der Waals surface area contributed by atoms with Crippen molar-refractivity contribution in [3.63, 3.8) is 0 Å². The van der Waals surface area contributed by atoms with Gasteiger partial charge < -0.3 is 4.74 Å². The summed E-state index contributed by atoms with van der Waals surface area (Å²) in [5, 5.41) is 0. The highest BCUT2D eigenvalue weighted by Gasteiger charge is 2.45. The molecule has 11 heavy (non-hydrogen) atoms. The van der Waals surface area contributed by atoms with Crippen molar-refractivity contribution in [1.29, 1.82) is 0 Å². The van der Waals surface area contributed by atoms with Crippen molar-refractivity contribution in [1.82, 2.24) is 0 Å². The predicted octanol–water partition coefficient (Wildman–Crippen LogP) is 2.13. The Morgan fingerprint density at radius 1 is 1.64 bits per heavy atom. The topological polar surface area (TPSA) is 21.6 Å². The molecule has 1 rings (SSSR count). The van der Waals surface area contributed by atoms with Crippen LogP contribution in [-0.4, -0.2) is 22.2 Å². The second-order valence-electron chi connectivity index (χ2n) is 2.32. The minimum absolute atomic E-state index is 0.0579. The smallest absolute Gasteiger partial charge is 0.456 e. The van der Waals surface area contributed by atoms with Crippen LogP contribution < -0.4 is 0 Å². The fraction of sp³-hybridized carbons (Fsp3) is 0.800. The van der Waals surface area contributed by atoms with Crippen LogP contribution >= 0.6 is 22.6 Å². The quantitative estimate of drug-likeness (QED) is 0.491. The summed E-state index contributed by atoms with van der Waals surface area (Å²) in [7, 11) is 0. The van der Waals surface area contributed by atoms with Gasteiger partial charge in [0.2, 0.25) is 0 Å². The molecule has 1 atom stereocenters. The first-order valence-electron chi connectivity index (χ1n) is 2.81. The number of ether oxygens (including phenoxy) is 1. The molecule has 0 spiro atoms. The van der Waals surface area contributed by atoms with Crippen LogP contribution in [0.5, 0.6) is 0 Å². The largest absolute Gasteiger partial charge is 0.468 e. The second kappa shape index (κ2) is 2.49. The van der Waals surface area contributed by atoms with Crippen LogP contribution in [0.4, 0.5) is 13.2 Å². The van der Waals surface area contributed by atoms with Crippen molar-refractivity contribution >= 4 is 28.5 Å². The Bertz CT molecular complexity index is 198. The van der Waals surface area contributed by atoms with Crippen molar-refractivity contribution in [2.24, 2.45) is 4.99 Å². The number of alkyl halides is 4. The molecule has 0 saturated heterocycles. The van der Waals surface area contributed by atoms with Gasteiger partial charge >= 0.3 is 6.18 Å².